The van der Waals surface area contributed by atoms with Crippen molar-refractivity contribution in [2.75, 3.05) is 0 Å². The van der Waals surface area contributed by atoms with Crippen LogP contribution in [-0.2, 0) is 6.42 Å². The van der Waals surface area contributed by atoms with Gasteiger partial charge >= 0.3 is 0 Å². The summed E-state index contributed by atoms with van der Waals surface area (Å²) in [4.78, 5) is 0. The second-order valence-electron chi connectivity index (χ2n) is 5.11. The van der Waals surface area contributed by atoms with Crippen LogP contribution in [0.1, 0.15) is 17.2 Å². The molecule has 0 aliphatic heterocycles. The van der Waals surface area contributed by atoms with Crippen molar-refractivity contribution in [3.63, 3.8) is 0 Å². The maximum Gasteiger partial charge on any atom is 0.0465 e. The standard InChI is InChI=1S/C18H15BrClN/c19-14-8-9-16(17(20)11-14)18(21)10-13-6-3-5-12-4-1-2-7-15(12)13/h1-9,11,18H,10,21H2. The van der Waals surface area contributed by atoms with Crippen molar-refractivity contribution in [1.29, 1.82) is 0 Å². The molecule has 3 aromatic carbocycles. The van der Waals surface area contributed by atoms with E-state index in [4.69, 9.17) is 17.3 Å². The lowest BCUT2D eigenvalue weighted by molar-refractivity contribution is 0.725. The Hall–Kier alpha value is -1.35. The molecule has 3 heteroatoms. The molecule has 1 nitrogen and oxygen atoms in total. The van der Waals surface area contributed by atoms with Crippen molar-refractivity contribution in [2.24, 2.45) is 5.73 Å². The van der Waals surface area contributed by atoms with Gasteiger partial charge in [-0.1, -0.05) is 76.1 Å². The molecule has 0 amide bonds. The van der Waals surface area contributed by atoms with Crippen LogP contribution < -0.4 is 5.73 Å². The van der Waals surface area contributed by atoms with Gasteiger partial charge in [-0.15, -0.1) is 0 Å². The molecule has 0 saturated heterocycles. The highest BCUT2D eigenvalue weighted by Crippen LogP contribution is 2.29. The Morgan fingerprint density at radius 3 is 2.57 bits per heavy atom. The Balaban J connectivity index is 1.94. The van der Waals surface area contributed by atoms with Crippen LogP contribution in [0, 0.1) is 0 Å². The number of hydrogen-bond acceptors (Lipinski definition) is 1. The van der Waals surface area contributed by atoms with Gasteiger partial charge in [-0.05, 0) is 40.5 Å². The van der Waals surface area contributed by atoms with E-state index >= 15 is 0 Å². The molecule has 0 aliphatic rings. The molecular formula is C18H15BrClN. The Morgan fingerprint density at radius 1 is 1.00 bits per heavy atom. The molecule has 1 atom stereocenters. The lowest BCUT2D eigenvalue weighted by Crippen LogP contribution is -2.14. The summed E-state index contributed by atoms with van der Waals surface area (Å²) in [5, 5.41) is 3.20. The Kier molecular flexibility index (Phi) is 4.29. The molecule has 0 saturated carbocycles. The van der Waals surface area contributed by atoms with E-state index in [1.165, 1.54) is 16.3 Å². The number of benzene rings is 3. The van der Waals surface area contributed by atoms with Gasteiger partial charge in [0, 0.05) is 15.5 Å². The average Bonchev–Trinajstić information content (AvgIpc) is 2.47. The molecule has 0 bridgehead atoms. The molecule has 0 fully saturated rings. The molecule has 0 heterocycles. The molecule has 3 aromatic rings. The minimum Gasteiger partial charge on any atom is -0.324 e. The highest BCUT2D eigenvalue weighted by atomic mass is 79.9. The van der Waals surface area contributed by atoms with E-state index in [-0.39, 0.29) is 6.04 Å². The van der Waals surface area contributed by atoms with Crippen LogP contribution in [0.3, 0.4) is 0 Å². The maximum absolute atomic E-state index is 6.37. The van der Waals surface area contributed by atoms with Crippen molar-refractivity contribution in [1.82, 2.24) is 0 Å². The van der Waals surface area contributed by atoms with E-state index in [1.54, 1.807) is 0 Å². The number of halogens is 2. The summed E-state index contributed by atoms with van der Waals surface area (Å²) in [5.74, 6) is 0. The van der Waals surface area contributed by atoms with Crippen molar-refractivity contribution in [3.05, 3.63) is 81.3 Å². The molecule has 1 unspecified atom stereocenters. The van der Waals surface area contributed by atoms with Gasteiger partial charge in [-0.2, -0.15) is 0 Å². The fourth-order valence-electron chi connectivity index (χ4n) is 2.62. The Morgan fingerprint density at radius 2 is 1.76 bits per heavy atom. The van der Waals surface area contributed by atoms with Crippen molar-refractivity contribution in [2.45, 2.75) is 12.5 Å². The van der Waals surface area contributed by atoms with Gasteiger partial charge in [-0.25, -0.2) is 0 Å². The highest BCUT2D eigenvalue weighted by molar-refractivity contribution is 9.10. The van der Waals surface area contributed by atoms with Gasteiger partial charge in [0.15, 0.2) is 0 Å². The predicted molar refractivity (Wildman–Crippen MR) is 93.7 cm³/mol. The smallest absolute Gasteiger partial charge is 0.0465 e. The SMILES string of the molecule is NC(Cc1cccc2ccccc12)c1ccc(Br)cc1Cl. The third kappa shape index (κ3) is 3.13. The molecule has 0 aliphatic carbocycles. The second-order valence-corrected chi connectivity index (χ2v) is 6.44. The average molecular weight is 361 g/mol. The molecule has 2 N–H and O–H groups in total. The van der Waals surface area contributed by atoms with Crippen molar-refractivity contribution >= 4 is 38.3 Å². The van der Waals surface area contributed by atoms with Crippen LogP contribution >= 0.6 is 27.5 Å². The van der Waals surface area contributed by atoms with Crippen LogP contribution in [0.4, 0.5) is 0 Å². The first-order chi connectivity index (χ1) is 10.1. The van der Waals surface area contributed by atoms with Gasteiger partial charge in [0.25, 0.3) is 0 Å². The van der Waals surface area contributed by atoms with Crippen LogP contribution in [0.25, 0.3) is 10.8 Å². The zero-order valence-electron chi connectivity index (χ0n) is 11.4. The molecule has 0 spiro atoms. The van der Waals surface area contributed by atoms with E-state index in [1.807, 2.05) is 18.2 Å². The van der Waals surface area contributed by atoms with E-state index < -0.39 is 0 Å². The monoisotopic (exact) mass is 359 g/mol. The number of rotatable bonds is 3. The number of hydrogen-bond donors (Lipinski definition) is 1. The van der Waals surface area contributed by atoms with Crippen LogP contribution in [0.15, 0.2) is 65.1 Å². The fraction of sp³-hybridized carbons (Fsp3) is 0.111. The van der Waals surface area contributed by atoms with Gasteiger partial charge in [0.05, 0.1) is 0 Å². The molecule has 3 rings (SSSR count). The second kappa shape index (κ2) is 6.18. The first kappa shape index (κ1) is 14.6. The lowest BCUT2D eigenvalue weighted by Gasteiger charge is -2.15. The molecule has 0 radical (unpaired) electrons. The summed E-state index contributed by atoms with van der Waals surface area (Å²) < 4.78 is 0.966. The van der Waals surface area contributed by atoms with Gasteiger partial charge in [0.1, 0.15) is 0 Å². The first-order valence-electron chi connectivity index (χ1n) is 6.82. The molecule has 106 valence electrons. The lowest BCUT2D eigenvalue weighted by atomic mass is 9.95. The van der Waals surface area contributed by atoms with Crippen molar-refractivity contribution < 1.29 is 0 Å². The predicted octanol–water partition coefficient (Wildman–Crippen LogP) is 5.50. The summed E-state index contributed by atoms with van der Waals surface area (Å²) in [6.07, 6.45) is 0.767. The van der Waals surface area contributed by atoms with Crippen LogP contribution in [0.2, 0.25) is 5.02 Å². The third-order valence-electron chi connectivity index (χ3n) is 3.68. The summed E-state index contributed by atoms with van der Waals surface area (Å²) in [6, 6.07) is 20.4. The summed E-state index contributed by atoms with van der Waals surface area (Å²) >= 11 is 9.72. The molecule has 0 aromatic heterocycles. The van der Waals surface area contributed by atoms with E-state index in [0.717, 1.165) is 16.5 Å². The van der Waals surface area contributed by atoms with Crippen LogP contribution in [-0.4, -0.2) is 0 Å². The Bertz CT molecular complexity index is 780. The van der Waals surface area contributed by atoms with E-state index in [0.29, 0.717) is 5.02 Å². The summed E-state index contributed by atoms with van der Waals surface area (Å²) in [6.45, 7) is 0. The van der Waals surface area contributed by atoms with Gasteiger partial charge in [0.2, 0.25) is 0 Å². The third-order valence-corrected chi connectivity index (χ3v) is 4.50. The maximum atomic E-state index is 6.37. The molecular weight excluding hydrogens is 346 g/mol. The minimum atomic E-state index is -0.114. The summed E-state index contributed by atoms with van der Waals surface area (Å²) in [7, 11) is 0. The largest absolute Gasteiger partial charge is 0.324 e. The number of fused-ring (bicyclic) bond motifs is 1. The van der Waals surface area contributed by atoms with Gasteiger partial charge < -0.3 is 5.73 Å². The zero-order valence-corrected chi connectivity index (χ0v) is 13.7. The topological polar surface area (TPSA) is 26.0 Å². The first-order valence-corrected chi connectivity index (χ1v) is 7.99. The molecule has 21 heavy (non-hydrogen) atoms. The minimum absolute atomic E-state index is 0.114. The Labute approximate surface area is 137 Å². The fourth-order valence-corrected chi connectivity index (χ4v) is 3.43. The summed E-state index contributed by atoms with van der Waals surface area (Å²) in [5.41, 5.74) is 8.60. The normalized spacial score (nSPS) is 12.5. The highest BCUT2D eigenvalue weighted by Gasteiger charge is 2.12. The number of nitrogens with two attached hydrogens (primary N) is 1. The zero-order chi connectivity index (χ0) is 14.8. The van der Waals surface area contributed by atoms with Gasteiger partial charge in [-0.3, -0.25) is 0 Å². The van der Waals surface area contributed by atoms with Crippen LogP contribution in [0.5, 0.6) is 0 Å². The van der Waals surface area contributed by atoms with E-state index in [2.05, 4.69) is 58.4 Å². The quantitative estimate of drug-likeness (QED) is 0.656. The van der Waals surface area contributed by atoms with Crippen molar-refractivity contribution in [3.8, 4) is 0 Å². The van der Waals surface area contributed by atoms with E-state index in [9.17, 15) is 0 Å².